The van der Waals surface area contributed by atoms with Gasteiger partial charge in [-0.25, -0.2) is 4.39 Å². The van der Waals surface area contributed by atoms with Gasteiger partial charge in [-0.3, -0.25) is 4.79 Å². The average Bonchev–Trinajstić information content (AvgIpc) is 3.09. The summed E-state index contributed by atoms with van der Waals surface area (Å²) in [6.45, 7) is 4.07. The molecule has 0 spiro atoms. The van der Waals surface area contributed by atoms with Crippen molar-refractivity contribution in [3.8, 4) is 0 Å². The summed E-state index contributed by atoms with van der Waals surface area (Å²) in [6.07, 6.45) is 3.62. The molecule has 0 heterocycles. The number of hydrogen-bond acceptors (Lipinski definition) is 2. The molecule has 0 unspecified atom stereocenters. The third-order valence-corrected chi connectivity index (χ3v) is 2.80. The van der Waals surface area contributed by atoms with Crippen molar-refractivity contribution in [2.45, 2.75) is 18.9 Å². The molecule has 0 aliphatic heterocycles. The van der Waals surface area contributed by atoms with Crippen molar-refractivity contribution in [1.29, 1.82) is 0 Å². The maximum absolute atomic E-state index is 13.6. The summed E-state index contributed by atoms with van der Waals surface area (Å²) in [6, 6.07) is 4.38. The molecule has 0 aromatic heterocycles. The number of hydrogen-bond donors (Lipinski definition) is 1. The smallest absolute Gasteiger partial charge is 0.257 e. The predicted molar refractivity (Wildman–Crippen MR) is 65.1 cm³/mol. The quantitative estimate of drug-likeness (QED) is 0.641. The molecule has 2 N–H and O–H groups in total. The van der Waals surface area contributed by atoms with Crippen molar-refractivity contribution >= 4 is 11.6 Å². The third kappa shape index (κ3) is 2.46. The van der Waals surface area contributed by atoms with Crippen LogP contribution in [-0.2, 0) is 0 Å². The number of nitrogens with zero attached hydrogens (tertiary/aromatic N) is 1. The molecular weight excluding hydrogens is 219 g/mol. The summed E-state index contributed by atoms with van der Waals surface area (Å²) >= 11 is 0. The predicted octanol–water partition coefficient (Wildman–Crippen LogP) is 2.20. The lowest BCUT2D eigenvalue weighted by Crippen LogP contribution is -2.33. The minimum absolute atomic E-state index is 0.0768. The molecule has 0 radical (unpaired) electrons. The zero-order chi connectivity index (χ0) is 12.4. The van der Waals surface area contributed by atoms with Crippen LogP contribution in [0.5, 0.6) is 0 Å². The van der Waals surface area contributed by atoms with Crippen LogP contribution in [0.25, 0.3) is 0 Å². The molecule has 17 heavy (non-hydrogen) atoms. The molecule has 1 saturated carbocycles. The van der Waals surface area contributed by atoms with E-state index >= 15 is 0 Å². The zero-order valence-corrected chi connectivity index (χ0v) is 9.53. The summed E-state index contributed by atoms with van der Waals surface area (Å²) in [5.41, 5.74) is 5.85. The van der Waals surface area contributed by atoms with Gasteiger partial charge in [0.2, 0.25) is 0 Å². The SMILES string of the molecule is C=CCN(C(=O)c1ccc(N)cc1F)C1CC1. The van der Waals surface area contributed by atoms with Gasteiger partial charge in [-0.05, 0) is 31.0 Å². The zero-order valence-electron chi connectivity index (χ0n) is 9.53. The van der Waals surface area contributed by atoms with Crippen LogP contribution in [0.4, 0.5) is 10.1 Å². The Hall–Kier alpha value is -1.84. The van der Waals surface area contributed by atoms with E-state index in [9.17, 15) is 9.18 Å². The number of nitrogens with two attached hydrogens (primary N) is 1. The fraction of sp³-hybridized carbons (Fsp3) is 0.308. The first-order valence-corrected chi connectivity index (χ1v) is 5.60. The first kappa shape index (κ1) is 11.6. The molecule has 1 aromatic rings. The highest BCUT2D eigenvalue weighted by molar-refractivity contribution is 5.95. The summed E-state index contributed by atoms with van der Waals surface area (Å²) in [5.74, 6) is -0.852. The number of amides is 1. The summed E-state index contributed by atoms with van der Waals surface area (Å²) in [4.78, 5) is 13.8. The standard InChI is InChI=1S/C13H15FN2O/c1-2-7-16(10-4-5-10)13(17)11-6-3-9(15)8-12(11)14/h2-3,6,8,10H,1,4-5,7,15H2. The van der Waals surface area contributed by atoms with Crippen molar-refractivity contribution < 1.29 is 9.18 Å². The molecule has 0 atom stereocenters. The summed E-state index contributed by atoms with van der Waals surface area (Å²) < 4.78 is 13.6. The Morgan fingerprint density at radius 2 is 2.29 bits per heavy atom. The Morgan fingerprint density at radius 1 is 1.59 bits per heavy atom. The second-order valence-electron chi connectivity index (χ2n) is 4.22. The lowest BCUT2D eigenvalue weighted by Gasteiger charge is -2.21. The lowest BCUT2D eigenvalue weighted by atomic mass is 10.1. The van der Waals surface area contributed by atoms with Gasteiger partial charge in [0.1, 0.15) is 5.82 Å². The molecular formula is C13H15FN2O. The fourth-order valence-electron chi connectivity index (χ4n) is 1.78. The van der Waals surface area contributed by atoms with Crippen molar-refractivity contribution in [1.82, 2.24) is 4.90 Å². The maximum Gasteiger partial charge on any atom is 0.257 e. The largest absolute Gasteiger partial charge is 0.399 e. The molecule has 1 aromatic carbocycles. The Balaban J connectivity index is 2.24. The Bertz CT molecular complexity index is 455. The summed E-state index contributed by atoms with van der Waals surface area (Å²) in [7, 11) is 0. The van der Waals surface area contributed by atoms with Gasteiger partial charge in [-0.2, -0.15) is 0 Å². The van der Waals surface area contributed by atoms with Gasteiger partial charge in [0.25, 0.3) is 5.91 Å². The van der Waals surface area contributed by atoms with Crippen LogP contribution >= 0.6 is 0 Å². The van der Waals surface area contributed by atoms with Crippen LogP contribution in [0.1, 0.15) is 23.2 Å². The number of benzene rings is 1. The molecule has 1 aliphatic rings. The van der Waals surface area contributed by atoms with E-state index in [2.05, 4.69) is 6.58 Å². The third-order valence-electron chi connectivity index (χ3n) is 2.80. The van der Waals surface area contributed by atoms with Gasteiger partial charge in [-0.1, -0.05) is 6.08 Å². The van der Waals surface area contributed by atoms with E-state index in [0.29, 0.717) is 12.2 Å². The number of rotatable bonds is 4. The fourth-order valence-corrected chi connectivity index (χ4v) is 1.78. The molecule has 2 rings (SSSR count). The van der Waals surface area contributed by atoms with Crippen molar-refractivity contribution in [3.63, 3.8) is 0 Å². The van der Waals surface area contributed by atoms with E-state index in [-0.39, 0.29) is 17.5 Å². The van der Waals surface area contributed by atoms with E-state index in [1.165, 1.54) is 18.2 Å². The minimum atomic E-state index is -0.565. The van der Waals surface area contributed by atoms with Crippen LogP contribution in [-0.4, -0.2) is 23.4 Å². The van der Waals surface area contributed by atoms with Crippen LogP contribution in [0, 0.1) is 5.82 Å². The van der Waals surface area contributed by atoms with Crippen molar-refractivity contribution in [3.05, 3.63) is 42.2 Å². The van der Waals surface area contributed by atoms with E-state index in [4.69, 9.17) is 5.73 Å². The first-order valence-electron chi connectivity index (χ1n) is 5.60. The Labute approximate surface area is 99.7 Å². The van der Waals surface area contributed by atoms with Gasteiger partial charge in [0.15, 0.2) is 0 Å². The average molecular weight is 234 g/mol. The molecule has 1 fully saturated rings. The topological polar surface area (TPSA) is 46.3 Å². The van der Waals surface area contributed by atoms with Crippen LogP contribution < -0.4 is 5.73 Å². The van der Waals surface area contributed by atoms with Crippen LogP contribution in [0.15, 0.2) is 30.9 Å². The molecule has 1 amide bonds. The molecule has 4 heteroatoms. The second-order valence-corrected chi connectivity index (χ2v) is 4.22. The summed E-state index contributed by atoms with van der Waals surface area (Å²) in [5, 5.41) is 0. The van der Waals surface area contributed by atoms with Crippen molar-refractivity contribution in [2.24, 2.45) is 0 Å². The highest BCUT2D eigenvalue weighted by Gasteiger charge is 2.33. The van der Waals surface area contributed by atoms with Crippen LogP contribution in [0.3, 0.4) is 0 Å². The lowest BCUT2D eigenvalue weighted by molar-refractivity contribution is 0.0758. The molecule has 0 bridgehead atoms. The molecule has 0 saturated heterocycles. The number of carbonyl (C=O) groups excluding carboxylic acids is 1. The van der Waals surface area contributed by atoms with E-state index in [1.807, 2.05) is 0 Å². The van der Waals surface area contributed by atoms with E-state index in [1.54, 1.807) is 11.0 Å². The number of carbonyl (C=O) groups is 1. The Kier molecular flexibility index (Phi) is 3.13. The minimum Gasteiger partial charge on any atom is -0.399 e. The van der Waals surface area contributed by atoms with Gasteiger partial charge >= 0.3 is 0 Å². The second kappa shape index (κ2) is 4.57. The molecule has 90 valence electrons. The number of halogens is 1. The highest BCUT2D eigenvalue weighted by atomic mass is 19.1. The van der Waals surface area contributed by atoms with Gasteiger partial charge < -0.3 is 10.6 Å². The number of anilines is 1. The first-order chi connectivity index (χ1) is 8.13. The normalized spacial score (nSPS) is 14.4. The molecule has 1 aliphatic carbocycles. The van der Waals surface area contributed by atoms with Gasteiger partial charge in [-0.15, -0.1) is 6.58 Å². The van der Waals surface area contributed by atoms with E-state index in [0.717, 1.165) is 12.8 Å². The Morgan fingerprint density at radius 3 is 2.82 bits per heavy atom. The monoisotopic (exact) mass is 234 g/mol. The number of nitrogen functional groups attached to an aromatic ring is 1. The van der Waals surface area contributed by atoms with Gasteiger partial charge in [0.05, 0.1) is 5.56 Å². The van der Waals surface area contributed by atoms with E-state index < -0.39 is 5.82 Å². The van der Waals surface area contributed by atoms with Crippen LogP contribution in [0.2, 0.25) is 0 Å². The molecule has 3 nitrogen and oxygen atoms in total. The van der Waals surface area contributed by atoms with Gasteiger partial charge in [0, 0.05) is 18.3 Å². The van der Waals surface area contributed by atoms with Crippen molar-refractivity contribution in [2.75, 3.05) is 12.3 Å². The maximum atomic E-state index is 13.6. The highest BCUT2D eigenvalue weighted by Crippen LogP contribution is 2.28.